The molecule has 0 fully saturated rings. The number of ether oxygens (including phenoxy) is 1. The van der Waals surface area contributed by atoms with Crippen LogP contribution in [-0.4, -0.2) is 38.5 Å². The van der Waals surface area contributed by atoms with Gasteiger partial charge in [0.1, 0.15) is 12.1 Å². The maximum atomic E-state index is 12.5. The smallest absolute Gasteiger partial charge is 0.340 e. The Morgan fingerprint density at radius 1 is 1.18 bits per heavy atom. The molecule has 0 bridgehead atoms. The second-order valence-electron chi connectivity index (χ2n) is 6.00. The minimum Gasteiger partial charge on any atom is -0.465 e. The zero-order valence-electron chi connectivity index (χ0n) is 14.8. The molecule has 0 atom stereocenters. The molecule has 4 rings (SSSR count). The highest BCUT2D eigenvalue weighted by Crippen LogP contribution is 2.19. The summed E-state index contributed by atoms with van der Waals surface area (Å²) in [5, 5.41) is 2.62. The van der Waals surface area contributed by atoms with Crippen molar-refractivity contribution in [2.24, 2.45) is 0 Å². The molecular formula is C19H15N5O4. The number of imidazole rings is 1. The van der Waals surface area contributed by atoms with Crippen molar-refractivity contribution in [2.75, 3.05) is 12.4 Å². The van der Waals surface area contributed by atoms with Gasteiger partial charge in [0.25, 0.3) is 5.56 Å². The molecule has 2 aromatic carbocycles. The van der Waals surface area contributed by atoms with Gasteiger partial charge in [0.2, 0.25) is 11.9 Å². The van der Waals surface area contributed by atoms with Crippen molar-refractivity contribution in [1.29, 1.82) is 0 Å². The van der Waals surface area contributed by atoms with Crippen molar-refractivity contribution < 1.29 is 14.3 Å². The normalized spacial score (nSPS) is 10.9. The van der Waals surface area contributed by atoms with E-state index in [4.69, 9.17) is 4.74 Å². The number of para-hydroxylation sites is 3. The summed E-state index contributed by atoms with van der Waals surface area (Å²) in [6.45, 7) is -0.206. The molecule has 0 saturated heterocycles. The van der Waals surface area contributed by atoms with Gasteiger partial charge in [0.15, 0.2) is 0 Å². The van der Waals surface area contributed by atoms with E-state index in [1.54, 1.807) is 42.5 Å². The van der Waals surface area contributed by atoms with Gasteiger partial charge in [-0.1, -0.05) is 18.2 Å². The maximum absolute atomic E-state index is 12.5. The van der Waals surface area contributed by atoms with Crippen LogP contribution in [0.25, 0.3) is 22.1 Å². The number of methoxy groups -OCH3 is 1. The summed E-state index contributed by atoms with van der Waals surface area (Å²) in [6.07, 6.45) is 1.18. The topological polar surface area (TPSA) is 119 Å². The molecular weight excluding hydrogens is 362 g/mol. The van der Waals surface area contributed by atoms with Crippen molar-refractivity contribution in [1.82, 2.24) is 19.5 Å². The maximum Gasteiger partial charge on any atom is 0.340 e. The van der Waals surface area contributed by atoms with Gasteiger partial charge in [-0.2, -0.15) is 0 Å². The Labute approximate surface area is 158 Å². The van der Waals surface area contributed by atoms with E-state index in [1.165, 1.54) is 17.9 Å². The predicted octanol–water partition coefficient (Wildman–Crippen LogP) is 1.70. The first-order chi connectivity index (χ1) is 13.6. The molecule has 0 aliphatic rings. The largest absolute Gasteiger partial charge is 0.465 e. The fourth-order valence-electron chi connectivity index (χ4n) is 2.96. The van der Waals surface area contributed by atoms with Crippen LogP contribution in [0.4, 0.5) is 5.95 Å². The van der Waals surface area contributed by atoms with Gasteiger partial charge in [-0.25, -0.2) is 14.8 Å². The lowest BCUT2D eigenvalue weighted by molar-refractivity contribution is -0.116. The monoisotopic (exact) mass is 377 g/mol. The Bertz CT molecular complexity index is 1270. The summed E-state index contributed by atoms with van der Waals surface area (Å²) in [6, 6.07) is 12.1. The Morgan fingerprint density at radius 3 is 2.82 bits per heavy atom. The molecule has 0 aliphatic heterocycles. The molecule has 0 aliphatic carbocycles. The van der Waals surface area contributed by atoms with Gasteiger partial charge in [-0.05, 0) is 24.3 Å². The molecule has 4 aromatic rings. The molecule has 0 unspecified atom stereocenters. The van der Waals surface area contributed by atoms with Crippen molar-refractivity contribution in [3.8, 4) is 0 Å². The predicted molar refractivity (Wildman–Crippen MR) is 102 cm³/mol. The van der Waals surface area contributed by atoms with E-state index in [0.29, 0.717) is 22.1 Å². The number of nitrogens with one attached hydrogen (secondary N) is 2. The van der Waals surface area contributed by atoms with Crippen LogP contribution in [0.2, 0.25) is 0 Å². The number of amides is 1. The molecule has 0 spiro atoms. The van der Waals surface area contributed by atoms with E-state index in [9.17, 15) is 14.4 Å². The number of carbonyl (C=O) groups excluding carboxylic acids is 2. The van der Waals surface area contributed by atoms with E-state index >= 15 is 0 Å². The quantitative estimate of drug-likeness (QED) is 0.523. The summed E-state index contributed by atoms with van der Waals surface area (Å²) in [7, 11) is 1.29. The van der Waals surface area contributed by atoms with Crippen molar-refractivity contribution in [2.45, 2.75) is 6.54 Å². The van der Waals surface area contributed by atoms with Crippen LogP contribution in [0.3, 0.4) is 0 Å². The molecule has 2 heterocycles. The standard InChI is InChI=1S/C19H15N5O4/c1-28-18(27)11-5-4-7-13-17(11)23-19(21-13)22-15(25)10-24-14-8-3-2-6-12(14)20-9-16(24)26/h2-9H,10H2,1H3,(H2,21,22,23,25). The molecule has 9 nitrogen and oxygen atoms in total. The lowest BCUT2D eigenvalue weighted by atomic mass is 10.2. The number of nitrogens with zero attached hydrogens (tertiary/aromatic N) is 3. The van der Waals surface area contributed by atoms with Crippen LogP contribution in [0.5, 0.6) is 0 Å². The molecule has 0 radical (unpaired) electrons. The third kappa shape index (κ3) is 3.09. The Kier molecular flexibility index (Phi) is 4.32. The third-order valence-corrected chi connectivity index (χ3v) is 4.23. The number of anilines is 1. The highest BCUT2D eigenvalue weighted by Gasteiger charge is 2.15. The number of benzene rings is 2. The third-order valence-electron chi connectivity index (χ3n) is 4.23. The molecule has 0 saturated carbocycles. The van der Waals surface area contributed by atoms with Crippen LogP contribution >= 0.6 is 0 Å². The molecule has 28 heavy (non-hydrogen) atoms. The lowest BCUT2D eigenvalue weighted by Crippen LogP contribution is -2.28. The summed E-state index contributed by atoms with van der Waals surface area (Å²) < 4.78 is 6.08. The average molecular weight is 377 g/mol. The Morgan fingerprint density at radius 2 is 2.00 bits per heavy atom. The van der Waals surface area contributed by atoms with E-state index in [-0.39, 0.29) is 23.6 Å². The summed E-state index contributed by atoms with van der Waals surface area (Å²) in [4.78, 5) is 47.8. The zero-order valence-corrected chi connectivity index (χ0v) is 14.8. The van der Waals surface area contributed by atoms with Gasteiger partial charge in [0, 0.05) is 0 Å². The first-order valence-electron chi connectivity index (χ1n) is 8.38. The number of carbonyl (C=O) groups is 2. The fourth-order valence-corrected chi connectivity index (χ4v) is 2.96. The number of aromatic amines is 1. The lowest BCUT2D eigenvalue weighted by Gasteiger charge is -2.08. The highest BCUT2D eigenvalue weighted by molar-refractivity contribution is 6.03. The Balaban J connectivity index is 1.62. The summed E-state index contributed by atoms with van der Waals surface area (Å²) in [5.74, 6) is -0.801. The SMILES string of the molecule is COC(=O)c1cccc2[nH]c(NC(=O)Cn3c(=O)cnc4ccccc43)nc12. The van der Waals surface area contributed by atoms with Crippen LogP contribution in [0.1, 0.15) is 10.4 Å². The second-order valence-corrected chi connectivity index (χ2v) is 6.00. The van der Waals surface area contributed by atoms with Crippen molar-refractivity contribution in [3.63, 3.8) is 0 Å². The van der Waals surface area contributed by atoms with Gasteiger partial charge < -0.3 is 9.72 Å². The van der Waals surface area contributed by atoms with E-state index in [1.807, 2.05) is 0 Å². The van der Waals surface area contributed by atoms with Crippen LogP contribution in [-0.2, 0) is 16.1 Å². The van der Waals surface area contributed by atoms with Crippen LogP contribution in [0.15, 0.2) is 53.5 Å². The van der Waals surface area contributed by atoms with Gasteiger partial charge >= 0.3 is 5.97 Å². The second kappa shape index (κ2) is 6.95. The van der Waals surface area contributed by atoms with Gasteiger partial charge in [-0.3, -0.25) is 19.5 Å². The fraction of sp³-hybridized carbons (Fsp3) is 0.105. The minimum atomic E-state index is -0.523. The molecule has 1 amide bonds. The zero-order chi connectivity index (χ0) is 19.7. The number of fused-ring (bicyclic) bond motifs is 2. The first kappa shape index (κ1) is 17.4. The number of rotatable bonds is 4. The number of hydrogen-bond donors (Lipinski definition) is 2. The number of hydrogen-bond acceptors (Lipinski definition) is 6. The van der Waals surface area contributed by atoms with Crippen LogP contribution in [0, 0.1) is 0 Å². The van der Waals surface area contributed by atoms with Crippen molar-refractivity contribution in [3.05, 3.63) is 64.6 Å². The molecule has 2 aromatic heterocycles. The molecule has 2 N–H and O–H groups in total. The number of H-pyrrole nitrogens is 1. The van der Waals surface area contributed by atoms with E-state index in [0.717, 1.165) is 0 Å². The van der Waals surface area contributed by atoms with Crippen LogP contribution < -0.4 is 10.9 Å². The minimum absolute atomic E-state index is 0.169. The average Bonchev–Trinajstić information content (AvgIpc) is 3.11. The highest BCUT2D eigenvalue weighted by atomic mass is 16.5. The molecule has 9 heteroatoms. The van der Waals surface area contributed by atoms with E-state index in [2.05, 4.69) is 20.3 Å². The number of esters is 1. The molecule has 140 valence electrons. The Hall–Kier alpha value is -4.01. The first-order valence-corrected chi connectivity index (χ1v) is 8.38. The summed E-state index contributed by atoms with van der Waals surface area (Å²) in [5.41, 5.74) is 2.03. The van der Waals surface area contributed by atoms with Gasteiger partial charge in [-0.15, -0.1) is 0 Å². The number of aromatic nitrogens is 4. The summed E-state index contributed by atoms with van der Waals surface area (Å²) >= 11 is 0. The van der Waals surface area contributed by atoms with Crippen molar-refractivity contribution >= 4 is 39.9 Å². The van der Waals surface area contributed by atoms with Gasteiger partial charge in [0.05, 0.1) is 35.4 Å². The van der Waals surface area contributed by atoms with E-state index < -0.39 is 11.9 Å².